The Morgan fingerprint density at radius 3 is 2.50 bits per heavy atom. The number of hydrogen-bond acceptors (Lipinski definition) is 7. The molecule has 10 heteroatoms. The minimum atomic E-state index is -2.21. The van der Waals surface area contributed by atoms with Gasteiger partial charge in [0.1, 0.15) is 17.0 Å². The van der Waals surface area contributed by atoms with E-state index in [0.717, 1.165) is 11.4 Å². The standard InChI is InChI=1S/C20H26N8OSi/c1-20(2,3)30(5,6)29-28-18(13-8-7-11-22-17(13)21)25-15-10-9-14(24-19(15)28)16-12-23-26-27(16)4/h7-12H,1-6H3,(H2,21,22). The van der Waals surface area contributed by atoms with Gasteiger partial charge in [0.05, 0.1) is 17.5 Å². The third kappa shape index (κ3) is 3.32. The Kier molecular flexibility index (Phi) is 4.61. The van der Waals surface area contributed by atoms with E-state index in [1.54, 1.807) is 21.8 Å². The summed E-state index contributed by atoms with van der Waals surface area (Å²) in [5, 5.41) is 7.96. The van der Waals surface area contributed by atoms with Gasteiger partial charge in [-0.3, -0.25) is 0 Å². The van der Waals surface area contributed by atoms with Crippen molar-refractivity contribution >= 4 is 25.3 Å². The molecule has 0 aliphatic carbocycles. The van der Waals surface area contributed by atoms with E-state index in [1.807, 2.05) is 31.3 Å². The molecule has 2 N–H and O–H groups in total. The van der Waals surface area contributed by atoms with Gasteiger partial charge in [-0.25, -0.2) is 19.6 Å². The number of anilines is 1. The van der Waals surface area contributed by atoms with Crippen molar-refractivity contribution in [1.29, 1.82) is 0 Å². The average Bonchev–Trinajstić information content (AvgIpc) is 3.24. The van der Waals surface area contributed by atoms with Crippen molar-refractivity contribution in [1.82, 2.24) is 34.7 Å². The number of aromatic nitrogens is 7. The zero-order valence-corrected chi connectivity index (χ0v) is 19.1. The van der Waals surface area contributed by atoms with Crippen LogP contribution in [-0.2, 0) is 7.05 Å². The fraction of sp³-hybridized carbons (Fsp3) is 0.350. The molecule has 156 valence electrons. The molecule has 0 spiro atoms. The first-order valence-electron chi connectivity index (χ1n) is 9.73. The number of aryl methyl sites for hydroxylation is 1. The largest absolute Gasteiger partial charge is 0.466 e. The van der Waals surface area contributed by atoms with Crippen molar-refractivity contribution in [2.75, 3.05) is 5.73 Å². The van der Waals surface area contributed by atoms with E-state index in [-0.39, 0.29) is 5.04 Å². The van der Waals surface area contributed by atoms with Crippen LogP contribution >= 0.6 is 0 Å². The number of nitrogens with zero attached hydrogens (tertiary/aromatic N) is 7. The lowest BCUT2D eigenvalue weighted by Gasteiger charge is -2.36. The first-order chi connectivity index (χ1) is 14.1. The number of hydrogen-bond donors (Lipinski definition) is 1. The Morgan fingerprint density at radius 2 is 1.87 bits per heavy atom. The molecule has 30 heavy (non-hydrogen) atoms. The maximum Gasteiger partial charge on any atom is 0.284 e. The van der Waals surface area contributed by atoms with E-state index in [9.17, 15) is 0 Å². The van der Waals surface area contributed by atoms with Crippen molar-refractivity contribution < 1.29 is 4.53 Å². The van der Waals surface area contributed by atoms with Crippen LogP contribution in [0.5, 0.6) is 0 Å². The number of pyridine rings is 2. The summed E-state index contributed by atoms with van der Waals surface area (Å²) in [5.74, 6) is 0.983. The minimum Gasteiger partial charge on any atom is -0.466 e. The van der Waals surface area contributed by atoms with E-state index in [2.05, 4.69) is 49.2 Å². The van der Waals surface area contributed by atoms with Gasteiger partial charge >= 0.3 is 0 Å². The highest BCUT2D eigenvalue weighted by atomic mass is 28.4. The Balaban J connectivity index is 1.97. The Labute approximate surface area is 176 Å². The number of nitrogen functional groups attached to an aromatic ring is 1. The van der Waals surface area contributed by atoms with Crippen LogP contribution in [-0.4, -0.2) is 43.0 Å². The lowest BCUT2D eigenvalue weighted by atomic mass is 10.2. The molecular formula is C20H26N8OSi. The lowest BCUT2D eigenvalue weighted by molar-refractivity contribution is 0.264. The highest BCUT2D eigenvalue weighted by Crippen LogP contribution is 2.37. The Bertz CT molecular complexity index is 1220. The molecule has 0 aliphatic heterocycles. The third-order valence-electron chi connectivity index (χ3n) is 5.65. The molecule has 9 nitrogen and oxygen atoms in total. The van der Waals surface area contributed by atoms with Crippen LogP contribution in [0.4, 0.5) is 5.82 Å². The third-order valence-corrected chi connectivity index (χ3v) is 9.90. The highest BCUT2D eigenvalue weighted by Gasteiger charge is 2.41. The number of fused-ring (bicyclic) bond motifs is 1. The maximum atomic E-state index is 6.67. The molecule has 0 saturated heterocycles. The zero-order valence-electron chi connectivity index (χ0n) is 18.1. The van der Waals surface area contributed by atoms with Gasteiger partial charge in [-0.15, -0.1) is 5.10 Å². The van der Waals surface area contributed by atoms with Gasteiger partial charge in [0.25, 0.3) is 8.32 Å². The molecule has 4 aromatic rings. The van der Waals surface area contributed by atoms with Gasteiger partial charge in [-0.2, -0.15) is 4.73 Å². The van der Waals surface area contributed by atoms with Crippen LogP contribution in [0.25, 0.3) is 33.9 Å². The van der Waals surface area contributed by atoms with E-state index >= 15 is 0 Å². The topological polar surface area (TPSA) is 110 Å². The van der Waals surface area contributed by atoms with Gasteiger partial charge in [-0.1, -0.05) is 26.0 Å². The van der Waals surface area contributed by atoms with E-state index in [4.69, 9.17) is 20.2 Å². The van der Waals surface area contributed by atoms with Crippen molar-refractivity contribution in [3.05, 3.63) is 36.7 Å². The predicted octanol–water partition coefficient (Wildman–Crippen LogP) is 3.30. The molecule has 4 rings (SSSR count). The van der Waals surface area contributed by atoms with E-state index in [1.165, 1.54) is 0 Å². The summed E-state index contributed by atoms with van der Waals surface area (Å²) in [6.07, 6.45) is 3.34. The molecule has 0 fully saturated rings. The molecule has 0 unspecified atom stereocenters. The van der Waals surface area contributed by atoms with Crippen LogP contribution in [0, 0.1) is 0 Å². The molecule has 0 radical (unpaired) electrons. The summed E-state index contributed by atoms with van der Waals surface area (Å²) in [6.45, 7) is 10.9. The number of imidazole rings is 1. The van der Waals surface area contributed by atoms with Crippen LogP contribution in [0.2, 0.25) is 18.1 Å². The van der Waals surface area contributed by atoms with Crippen molar-refractivity contribution in [3.63, 3.8) is 0 Å². The minimum absolute atomic E-state index is 0.00901. The van der Waals surface area contributed by atoms with Gasteiger partial charge in [-0.05, 0) is 42.4 Å². The van der Waals surface area contributed by atoms with E-state index < -0.39 is 8.32 Å². The van der Waals surface area contributed by atoms with Crippen molar-refractivity contribution in [3.8, 4) is 22.8 Å². The molecule has 0 saturated carbocycles. The number of nitrogens with two attached hydrogens (primary N) is 1. The summed E-state index contributed by atoms with van der Waals surface area (Å²) >= 11 is 0. The molecular weight excluding hydrogens is 396 g/mol. The van der Waals surface area contributed by atoms with Gasteiger partial charge < -0.3 is 10.3 Å². The summed E-state index contributed by atoms with van der Waals surface area (Å²) < 4.78 is 10.1. The van der Waals surface area contributed by atoms with Crippen LogP contribution in [0.15, 0.2) is 36.7 Å². The van der Waals surface area contributed by atoms with Gasteiger partial charge in [0.2, 0.25) is 0 Å². The monoisotopic (exact) mass is 422 g/mol. The second kappa shape index (κ2) is 6.91. The molecule has 4 heterocycles. The molecule has 0 atom stereocenters. The molecule has 4 aromatic heterocycles. The predicted molar refractivity (Wildman–Crippen MR) is 119 cm³/mol. The van der Waals surface area contributed by atoms with Crippen LogP contribution in [0.1, 0.15) is 20.8 Å². The summed E-state index contributed by atoms with van der Waals surface area (Å²) in [6, 6.07) is 7.55. The summed E-state index contributed by atoms with van der Waals surface area (Å²) in [7, 11) is -0.378. The summed E-state index contributed by atoms with van der Waals surface area (Å²) in [4.78, 5) is 13.9. The lowest BCUT2D eigenvalue weighted by Crippen LogP contribution is -2.48. The molecule has 0 aliphatic rings. The van der Waals surface area contributed by atoms with Crippen LogP contribution in [0.3, 0.4) is 0 Å². The van der Waals surface area contributed by atoms with Crippen molar-refractivity contribution in [2.24, 2.45) is 7.05 Å². The highest BCUT2D eigenvalue weighted by molar-refractivity contribution is 6.74. The first kappa shape index (κ1) is 20.0. The second-order valence-electron chi connectivity index (χ2n) is 8.80. The zero-order chi connectivity index (χ0) is 21.7. The smallest absolute Gasteiger partial charge is 0.284 e. The normalized spacial score (nSPS) is 12.5. The van der Waals surface area contributed by atoms with Gasteiger partial charge in [0, 0.05) is 13.2 Å². The first-order valence-corrected chi connectivity index (χ1v) is 12.6. The SMILES string of the molecule is Cn1nncc1-c1ccc2nc(-c3cccnc3N)n(O[Si](C)(C)C(C)(C)C)c2n1. The molecule has 0 amide bonds. The van der Waals surface area contributed by atoms with Gasteiger partial charge in [0.15, 0.2) is 11.5 Å². The quantitative estimate of drug-likeness (QED) is 0.502. The fourth-order valence-electron chi connectivity index (χ4n) is 2.83. The Morgan fingerprint density at radius 1 is 1.10 bits per heavy atom. The molecule has 0 aromatic carbocycles. The fourth-order valence-corrected chi connectivity index (χ4v) is 3.73. The van der Waals surface area contributed by atoms with Crippen LogP contribution < -0.4 is 10.3 Å². The average molecular weight is 423 g/mol. The maximum absolute atomic E-state index is 6.67. The van der Waals surface area contributed by atoms with Crippen molar-refractivity contribution in [2.45, 2.75) is 38.9 Å². The Hall–Kier alpha value is -3.27. The molecule has 0 bridgehead atoms. The van der Waals surface area contributed by atoms with E-state index in [0.29, 0.717) is 28.4 Å². The summed E-state index contributed by atoms with van der Waals surface area (Å²) in [5.41, 5.74) is 9.75. The second-order valence-corrected chi connectivity index (χ2v) is 13.5. The number of rotatable bonds is 4.